The van der Waals surface area contributed by atoms with E-state index in [1.165, 1.54) is 0 Å². The van der Waals surface area contributed by atoms with E-state index in [0.717, 1.165) is 0 Å². The number of hydrogen-bond donors (Lipinski definition) is 2. The molecule has 12 heteroatoms. The Morgan fingerprint density at radius 3 is 2.06 bits per heavy atom. The smallest absolute Gasteiger partial charge is 0.416 e. The topological polar surface area (TPSA) is 70.7 Å². The minimum absolute atomic E-state index is 0.00855. The molecule has 1 fully saturated rings. The van der Waals surface area contributed by atoms with Gasteiger partial charge >= 0.3 is 18.4 Å². The number of carbonyl (C=O) groups is 2. The van der Waals surface area contributed by atoms with E-state index < -0.39 is 41.0 Å². The van der Waals surface area contributed by atoms with Gasteiger partial charge in [0.2, 0.25) is 0 Å². The first-order chi connectivity index (χ1) is 15.8. The Morgan fingerprint density at radius 1 is 1.00 bits per heavy atom. The van der Waals surface area contributed by atoms with Crippen molar-refractivity contribution in [3.05, 3.63) is 34.9 Å². The number of nitrogens with one attached hydrogen (secondary N) is 2. The number of carbonyl (C=O) groups excluding carboxylic acids is 2. The third kappa shape index (κ3) is 9.03. The van der Waals surface area contributed by atoms with E-state index in [0.29, 0.717) is 57.8 Å². The second-order valence-corrected chi connectivity index (χ2v) is 8.71. The molecule has 0 unspecified atom stereocenters. The van der Waals surface area contributed by atoms with Gasteiger partial charge in [-0.25, -0.2) is 4.79 Å². The summed E-state index contributed by atoms with van der Waals surface area (Å²) in [6, 6.07) is 0.837. The van der Waals surface area contributed by atoms with Crippen molar-refractivity contribution in [3.8, 4) is 0 Å². The molecular formula is C22H29F6N3O3. The van der Waals surface area contributed by atoms with Gasteiger partial charge in [-0.15, -0.1) is 0 Å². The number of alkyl halides is 6. The van der Waals surface area contributed by atoms with Gasteiger partial charge in [0.1, 0.15) is 0 Å². The highest BCUT2D eigenvalue weighted by atomic mass is 19.4. The van der Waals surface area contributed by atoms with Crippen LogP contribution in [0.2, 0.25) is 0 Å². The molecule has 0 bridgehead atoms. The number of amides is 2. The lowest BCUT2D eigenvalue weighted by Gasteiger charge is -2.32. The number of nitrogens with zero attached hydrogens (tertiary/aromatic N) is 1. The van der Waals surface area contributed by atoms with Gasteiger partial charge in [0, 0.05) is 25.2 Å². The van der Waals surface area contributed by atoms with E-state index in [1.54, 1.807) is 0 Å². The van der Waals surface area contributed by atoms with E-state index >= 15 is 0 Å². The molecule has 0 aliphatic carbocycles. The van der Waals surface area contributed by atoms with Gasteiger partial charge in [-0.2, -0.15) is 26.3 Å². The molecule has 0 radical (unpaired) electrons. The molecule has 1 aliphatic rings. The maximum atomic E-state index is 13.0. The number of benzene rings is 1. The zero-order valence-corrected chi connectivity index (χ0v) is 19.0. The summed E-state index contributed by atoms with van der Waals surface area (Å²) in [4.78, 5) is 26.0. The van der Waals surface area contributed by atoms with Crippen molar-refractivity contribution in [2.45, 2.75) is 39.0 Å². The molecule has 0 saturated carbocycles. The highest BCUT2D eigenvalue weighted by Gasteiger charge is 2.37. The van der Waals surface area contributed by atoms with Crippen molar-refractivity contribution < 1.29 is 40.7 Å². The van der Waals surface area contributed by atoms with Gasteiger partial charge in [-0.3, -0.25) is 4.79 Å². The van der Waals surface area contributed by atoms with Crippen LogP contribution in [-0.4, -0.2) is 56.2 Å². The second kappa shape index (κ2) is 11.8. The zero-order chi connectivity index (χ0) is 25.5. The van der Waals surface area contributed by atoms with Crippen LogP contribution in [0.15, 0.2) is 18.2 Å². The largest absolute Gasteiger partial charge is 0.449 e. The first-order valence-electron chi connectivity index (χ1n) is 11.0. The Kier molecular flexibility index (Phi) is 9.60. The Labute approximate surface area is 194 Å². The predicted molar refractivity (Wildman–Crippen MR) is 112 cm³/mol. The molecule has 1 aliphatic heterocycles. The van der Waals surface area contributed by atoms with E-state index in [4.69, 9.17) is 4.74 Å². The van der Waals surface area contributed by atoms with Crippen LogP contribution < -0.4 is 10.6 Å². The molecule has 6 nitrogen and oxygen atoms in total. The van der Waals surface area contributed by atoms with Crippen molar-refractivity contribution in [2.24, 2.45) is 11.8 Å². The molecule has 1 saturated heterocycles. The molecule has 0 spiro atoms. The summed E-state index contributed by atoms with van der Waals surface area (Å²) in [6.07, 6.45) is -9.12. The van der Waals surface area contributed by atoms with Crippen LogP contribution >= 0.6 is 0 Å². The van der Waals surface area contributed by atoms with Crippen molar-refractivity contribution in [2.75, 3.05) is 39.3 Å². The third-order valence-electron chi connectivity index (χ3n) is 5.35. The van der Waals surface area contributed by atoms with Gasteiger partial charge in [-0.05, 0) is 56.0 Å². The summed E-state index contributed by atoms with van der Waals surface area (Å²) in [7, 11) is 0. The molecule has 0 aromatic heterocycles. The number of alkyl carbamates (subject to hydrolysis) is 1. The van der Waals surface area contributed by atoms with Gasteiger partial charge in [-0.1, -0.05) is 13.8 Å². The highest BCUT2D eigenvalue weighted by Crippen LogP contribution is 2.36. The number of halogens is 6. The van der Waals surface area contributed by atoms with E-state index in [-0.39, 0.29) is 24.4 Å². The predicted octanol–water partition coefficient (Wildman–Crippen LogP) is 4.55. The summed E-state index contributed by atoms with van der Waals surface area (Å²) < 4.78 is 82.9. The maximum Gasteiger partial charge on any atom is 0.416 e. The fourth-order valence-corrected chi connectivity index (χ4v) is 3.45. The molecular weight excluding hydrogens is 468 g/mol. The molecule has 2 amide bonds. The Morgan fingerprint density at radius 2 is 1.56 bits per heavy atom. The minimum atomic E-state index is -5.01. The number of piperidine rings is 1. The monoisotopic (exact) mass is 497 g/mol. The average molecular weight is 497 g/mol. The van der Waals surface area contributed by atoms with Crippen molar-refractivity contribution in [1.29, 1.82) is 0 Å². The van der Waals surface area contributed by atoms with E-state index in [2.05, 4.69) is 15.5 Å². The Bertz CT molecular complexity index is 802. The van der Waals surface area contributed by atoms with Crippen LogP contribution in [-0.2, 0) is 17.1 Å². The lowest BCUT2D eigenvalue weighted by molar-refractivity contribution is -0.143. The number of hydrogen-bond acceptors (Lipinski definition) is 4. The molecule has 34 heavy (non-hydrogen) atoms. The van der Waals surface area contributed by atoms with Crippen LogP contribution in [0, 0.1) is 11.8 Å². The molecule has 2 rings (SSSR count). The van der Waals surface area contributed by atoms with Gasteiger partial charge in [0.15, 0.2) is 0 Å². The van der Waals surface area contributed by atoms with Crippen LogP contribution in [0.4, 0.5) is 31.1 Å². The molecule has 1 aromatic carbocycles. The molecule has 0 atom stereocenters. The first kappa shape index (κ1) is 27.7. The Hall–Kier alpha value is -2.50. The van der Waals surface area contributed by atoms with Crippen molar-refractivity contribution in [1.82, 2.24) is 15.5 Å². The Balaban J connectivity index is 1.81. The first-order valence-corrected chi connectivity index (χ1v) is 11.0. The van der Waals surface area contributed by atoms with Gasteiger partial charge in [0.25, 0.3) is 5.91 Å². The maximum absolute atomic E-state index is 13.0. The summed E-state index contributed by atoms with van der Waals surface area (Å²) in [5.41, 5.74) is -3.74. The number of ether oxygens (including phenoxy) is 1. The van der Waals surface area contributed by atoms with Gasteiger partial charge in [0.05, 0.1) is 17.7 Å². The molecule has 192 valence electrons. The molecule has 1 heterocycles. The summed E-state index contributed by atoms with van der Waals surface area (Å²) in [6.45, 7) is 6.73. The quantitative estimate of drug-likeness (QED) is 0.517. The lowest BCUT2D eigenvalue weighted by Crippen LogP contribution is -2.42. The van der Waals surface area contributed by atoms with Crippen molar-refractivity contribution >= 4 is 12.0 Å². The van der Waals surface area contributed by atoms with Crippen LogP contribution in [0.25, 0.3) is 0 Å². The normalized spacial score (nSPS) is 15.9. The average Bonchev–Trinajstić information content (AvgIpc) is 2.75. The van der Waals surface area contributed by atoms with Crippen LogP contribution in [0.1, 0.15) is 48.2 Å². The van der Waals surface area contributed by atoms with E-state index in [9.17, 15) is 35.9 Å². The fourth-order valence-electron chi connectivity index (χ4n) is 3.45. The van der Waals surface area contributed by atoms with E-state index in [1.807, 2.05) is 13.8 Å². The minimum Gasteiger partial charge on any atom is -0.449 e. The fraction of sp³-hybridized carbons (Fsp3) is 0.636. The van der Waals surface area contributed by atoms with Crippen LogP contribution in [0.3, 0.4) is 0 Å². The summed E-state index contributed by atoms with van der Waals surface area (Å²) in [5, 5.41) is 5.12. The summed E-state index contributed by atoms with van der Waals surface area (Å²) in [5.74, 6) is -0.703. The third-order valence-corrected chi connectivity index (χ3v) is 5.35. The zero-order valence-electron chi connectivity index (χ0n) is 19.0. The summed E-state index contributed by atoms with van der Waals surface area (Å²) >= 11 is 0. The van der Waals surface area contributed by atoms with Crippen LogP contribution in [0.5, 0.6) is 0 Å². The van der Waals surface area contributed by atoms with Crippen molar-refractivity contribution in [3.63, 3.8) is 0 Å². The SMILES string of the molecule is CC(C)COC(=O)NCCN1CCC(CNC(=O)c2cc(C(F)(F)F)cc(C(F)(F)F)c2)CC1. The van der Waals surface area contributed by atoms with Gasteiger partial charge < -0.3 is 20.3 Å². The molecule has 2 N–H and O–H groups in total. The highest BCUT2D eigenvalue weighted by molar-refractivity contribution is 5.94. The standard InChI is InChI=1S/C22H29F6N3O3/c1-14(2)13-34-20(33)29-5-8-31-6-3-15(4-7-31)12-30-19(32)16-9-17(21(23,24)25)11-18(10-16)22(26,27)28/h9-11,14-15H,3-8,12-13H2,1-2H3,(H,29,33)(H,30,32). The number of rotatable bonds is 8. The molecule has 1 aromatic rings. The number of likely N-dealkylation sites (tertiary alicyclic amines) is 1. The second-order valence-electron chi connectivity index (χ2n) is 8.71. The lowest BCUT2D eigenvalue weighted by atomic mass is 9.96.